The summed E-state index contributed by atoms with van der Waals surface area (Å²) in [5, 5.41) is 0. The van der Waals surface area contributed by atoms with Crippen molar-refractivity contribution in [3.63, 3.8) is 0 Å². The van der Waals surface area contributed by atoms with Gasteiger partial charge >= 0.3 is 7.82 Å². The standard InChI is InChI=1S/C8H19N2O4P/c1-5-6-8(9,7-10(2,3)4)14-15(11,12)13/h5H,1,6-7,9H2,2-4H3,(H-,11,12,13)/p+1. The molecule has 4 N–H and O–H groups in total. The normalized spacial score (nSPS) is 17.2. The fraction of sp³-hybridized carbons (Fsp3) is 0.750. The smallest absolute Gasteiger partial charge is 0.327 e. The molecule has 6 nitrogen and oxygen atoms in total. The molecule has 0 amide bonds. The Bertz CT molecular complexity index is 270. The molecule has 15 heavy (non-hydrogen) atoms. The van der Waals surface area contributed by atoms with Crippen LogP contribution in [0.1, 0.15) is 6.42 Å². The number of nitrogens with two attached hydrogens (primary N) is 1. The minimum absolute atomic E-state index is 0.174. The lowest BCUT2D eigenvalue weighted by Gasteiger charge is -2.35. The van der Waals surface area contributed by atoms with E-state index in [0.717, 1.165) is 0 Å². The van der Waals surface area contributed by atoms with Gasteiger partial charge in [-0.3, -0.25) is 10.3 Å². The predicted octanol–water partition coefficient (Wildman–Crippen LogP) is 0.0330. The first-order valence-corrected chi connectivity index (χ1v) is 5.97. The zero-order valence-electron chi connectivity index (χ0n) is 9.38. The van der Waals surface area contributed by atoms with E-state index in [9.17, 15) is 4.57 Å². The van der Waals surface area contributed by atoms with Crippen molar-refractivity contribution in [3.05, 3.63) is 12.7 Å². The first-order valence-electron chi connectivity index (χ1n) is 4.44. The summed E-state index contributed by atoms with van der Waals surface area (Å²) in [5.74, 6) is 0. The Morgan fingerprint density at radius 2 is 2.00 bits per heavy atom. The van der Waals surface area contributed by atoms with Gasteiger partial charge in [-0.15, -0.1) is 6.58 Å². The number of phosphoric acid groups is 1. The summed E-state index contributed by atoms with van der Waals surface area (Å²) in [4.78, 5) is 17.5. The molecule has 0 saturated carbocycles. The third-order valence-electron chi connectivity index (χ3n) is 1.53. The minimum atomic E-state index is -4.59. The molecule has 1 atom stereocenters. The van der Waals surface area contributed by atoms with E-state index < -0.39 is 13.5 Å². The summed E-state index contributed by atoms with van der Waals surface area (Å²) in [7, 11) is 0.979. The van der Waals surface area contributed by atoms with E-state index in [4.69, 9.17) is 15.5 Å². The van der Waals surface area contributed by atoms with E-state index in [1.165, 1.54) is 6.08 Å². The van der Waals surface area contributed by atoms with Gasteiger partial charge in [-0.2, -0.15) is 0 Å². The highest BCUT2D eigenvalue weighted by Crippen LogP contribution is 2.41. The second-order valence-corrected chi connectivity index (χ2v) is 5.75. The summed E-state index contributed by atoms with van der Waals surface area (Å²) >= 11 is 0. The number of quaternary nitrogens is 1. The van der Waals surface area contributed by atoms with Gasteiger partial charge in [0, 0.05) is 6.42 Å². The van der Waals surface area contributed by atoms with E-state index in [0.29, 0.717) is 4.48 Å². The molecule has 0 spiro atoms. The van der Waals surface area contributed by atoms with Gasteiger partial charge in [-0.1, -0.05) is 6.08 Å². The van der Waals surface area contributed by atoms with Crippen LogP contribution in [0.4, 0.5) is 0 Å². The molecule has 1 unspecified atom stereocenters. The van der Waals surface area contributed by atoms with Crippen molar-refractivity contribution < 1.29 is 23.4 Å². The van der Waals surface area contributed by atoms with Crippen LogP contribution >= 0.6 is 7.82 Å². The van der Waals surface area contributed by atoms with Gasteiger partial charge < -0.3 is 14.3 Å². The van der Waals surface area contributed by atoms with Crippen molar-refractivity contribution >= 4 is 7.82 Å². The van der Waals surface area contributed by atoms with Crippen molar-refractivity contribution in [2.45, 2.75) is 12.1 Å². The maximum absolute atomic E-state index is 10.8. The van der Waals surface area contributed by atoms with E-state index in [-0.39, 0.29) is 13.0 Å². The molecule has 0 aliphatic carbocycles. The van der Waals surface area contributed by atoms with E-state index in [1.807, 2.05) is 21.1 Å². The highest BCUT2D eigenvalue weighted by atomic mass is 31.2. The van der Waals surface area contributed by atoms with Crippen LogP contribution in [-0.4, -0.2) is 47.7 Å². The SMILES string of the molecule is C=CCC(N)(C[N+](C)(C)C)OP(=O)(O)O. The Kier molecular flexibility index (Phi) is 4.67. The summed E-state index contributed by atoms with van der Waals surface area (Å²) in [5.41, 5.74) is 4.39. The van der Waals surface area contributed by atoms with Crippen molar-refractivity contribution in [2.24, 2.45) is 5.73 Å². The van der Waals surface area contributed by atoms with Gasteiger partial charge in [0.15, 0.2) is 5.72 Å². The number of nitrogens with zero attached hydrogens (tertiary/aromatic N) is 1. The molecule has 0 heterocycles. The second kappa shape index (κ2) is 4.74. The van der Waals surface area contributed by atoms with Crippen molar-refractivity contribution in [2.75, 3.05) is 27.7 Å². The average molecular weight is 239 g/mol. The van der Waals surface area contributed by atoms with E-state index in [2.05, 4.69) is 11.1 Å². The van der Waals surface area contributed by atoms with Crippen LogP contribution in [0.15, 0.2) is 12.7 Å². The fourth-order valence-corrected chi connectivity index (χ4v) is 2.02. The predicted molar refractivity (Wildman–Crippen MR) is 57.8 cm³/mol. The Morgan fingerprint density at radius 1 is 1.53 bits per heavy atom. The number of hydrogen-bond donors (Lipinski definition) is 3. The molecular weight excluding hydrogens is 219 g/mol. The zero-order valence-corrected chi connectivity index (χ0v) is 10.3. The maximum atomic E-state index is 10.8. The fourth-order valence-electron chi connectivity index (χ4n) is 1.41. The zero-order chi connectivity index (χ0) is 12.3. The van der Waals surface area contributed by atoms with Crippen LogP contribution < -0.4 is 5.73 Å². The van der Waals surface area contributed by atoms with E-state index >= 15 is 0 Å². The van der Waals surface area contributed by atoms with Crippen molar-refractivity contribution in [1.82, 2.24) is 0 Å². The lowest BCUT2D eigenvalue weighted by molar-refractivity contribution is -0.876. The molecule has 90 valence electrons. The molecule has 0 saturated heterocycles. The molecular formula is C8H20N2O4P+. The quantitative estimate of drug-likeness (QED) is 0.263. The second-order valence-electron chi connectivity index (χ2n) is 4.59. The molecule has 0 radical (unpaired) electrons. The molecule has 0 aromatic rings. The number of rotatable bonds is 6. The van der Waals surface area contributed by atoms with Crippen LogP contribution in [0.3, 0.4) is 0 Å². The topological polar surface area (TPSA) is 92.8 Å². The Labute approximate surface area is 90.2 Å². The highest BCUT2D eigenvalue weighted by Gasteiger charge is 2.38. The molecule has 0 fully saturated rings. The lowest BCUT2D eigenvalue weighted by atomic mass is 10.1. The number of likely N-dealkylation sites (N-methyl/N-ethyl adjacent to an activating group) is 1. The Morgan fingerprint density at radius 3 is 2.27 bits per heavy atom. The summed E-state index contributed by atoms with van der Waals surface area (Å²) in [6, 6.07) is 0. The highest BCUT2D eigenvalue weighted by molar-refractivity contribution is 7.46. The maximum Gasteiger partial charge on any atom is 0.471 e. The molecule has 7 heteroatoms. The number of phosphoric ester groups is 1. The number of hydrogen-bond acceptors (Lipinski definition) is 3. The molecule has 0 aromatic carbocycles. The first kappa shape index (κ1) is 14.8. The van der Waals surface area contributed by atoms with Crippen LogP contribution in [0.5, 0.6) is 0 Å². The van der Waals surface area contributed by atoms with Gasteiger partial charge in [-0.25, -0.2) is 4.57 Å². The Hall–Kier alpha value is -0.230. The largest absolute Gasteiger partial charge is 0.471 e. The van der Waals surface area contributed by atoms with Gasteiger partial charge in [0.1, 0.15) is 6.54 Å². The first-order chi connectivity index (χ1) is 6.47. The van der Waals surface area contributed by atoms with Crippen molar-refractivity contribution in [3.8, 4) is 0 Å². The Balaban J connectivity index is 4.74. The minimum Gasteiger partial charge on any atom is -0.327 e. The van der Waals surface area contributed by atoms with Crippen LogP contribution in [0, 0.1) is 0 Å². The molecule has 0 aromatic heterocycles. The third kappa shape index (κ3) is 7.67. The lowest BCUT2D eigenvalue weighted by Crippen LogP contribution is -2.55. The van der Waals surface area contributed by atoms with Crippen LogP contribution in [0.25, 0.3) is 0 Å². The van der Waals surface area contributed by atoms with Gasteiger partial charge in [0.25, 0.3) is 0 Å². The molecule has 0 rings (SSSR count). The van der Waals surface area contributed by atoms with Gasteiger partial charge in [0.05, 0.1) is 21.1 Å². The molecule has 0 bridgehead atoms. The van der Waals surface area contributed by atoms with E-state index in [1.54, 1.807) is 0 Å². The van der Waals surface area contributed by atoms with Crippen LogP contribution in [-0.2, 0) is 9.09 Å². The van der Waals surface area contributed by atoms with Crippen LogP contribution in [0.2, 0.25) is 0 Å². The van der Waals surface area contributed by atoms with Gasteiger partial charge in [-0.05, 0) is 0 Å². The average Bonchev–Trinajstić information content (AvgIpc) is 1.74. The summed E-state index contributed by atoms with van der Waals surface area (Å²) < 4.78 is 15.8. The molecule has 0 aliphatic heterocycles. The third-order valence-corrected chi connectivity index (χ3v) is 2.13. The summed E-state index contributed by atoms with van der Waals surface area (Å²) in [6.07, 6.45) is 1.65. The molecule has 0 aliphatic rings. The monoisotopic (exact) mass is 239 g/mol. The summed E-state index contributed by atoms with van der Waals surface area (Å²) in [6.45, 7) is 3.75. The van der Waals surface area contributed by atoms with Gasteiger partial charge in [0.2, 0.25) is 0 Å². The van der Waals surface area contributed by atoms with Crippen molar-refractivity contribution in [1.29, 1.82) is 0 Å².